The molecule has 8 heteroatoms. The molecule has 0 saturated heterocycles. The Bertz CT molecular complexity index is 1180. The van der Waals surface area contributed by atoms with Crippen LogP contribution in [0.1, 0.15) is 62.3 Å². The van der Waals surface area contributed by atoms with E-state index in [9.17, 15) is 9.59 Å². The van der Waals surface area contributed by atoms with Crippen LogP contribution < -0.4 is 20.9 Å². The molecule has 0 bridgehead atoms. The van der Waals surface area contributed by atoms with Crippen LogP contribution in [0.25, 0.3) is 0 Å². The minimum Gasteiger partial charge on any atom is -0.388 e. The Morgan fingerprint density at radius 1 is 1.09 bits per heavy atom. The number of hydrogen-bond donors (Lipinski definition) is 3. The van der Waals surface area contributed by atoms with Crippen LogP contribution in [0.5, 0.6) is 5.75 Å². The lowest BCUT2D eigenvalue weighted by Crippen LogP contribution is -2.24. The molecular weight excluding hydrogens is 430 g/mol. The first-order valence-corrected chi connectivity index (χ1v) is 11.4. The summed E-state index contributed by atoms with van der Waals surface area (Å²) in [6, 6.07) is 15.8. The van der Waals surface area contributed by atoms with Gasteiger partial charge < -0.3 is 10.1 Å². The van der Waals surface area contributed by atoms with Gasteiger partial charge in [-0.25, -0.2) is 9.78 Å². The number of carbonyl (C=O) groups excluding carboxylic acids is 1. The molecule has 176 valence electrons. The minimum absolute atomic E-state index is 0.135. The Morgan fingerprint density at radius 3 is 2.38 bits per heavy atom. The first-order valence-electron chi connectivity index (χ1n) is 11.4. The van der Waals surface area contributed by atoms with E-state index >= 15 is 0 Å². The third kappa shape index (κ3) is 7.20. The third-order valence-corrected chi connectivity index (χ3v) is 5.52. The van der Waals surface area contributed by atoms with E-state index < -0.39 is 6.03 Å². The number of hydrogen-bond acceptors (Lipinski definition) is 5. The van der Waals surface area contributed by atoms with Crippen LogP contribution in [-0.2, 0) is 6.42 Å². The first kappa shape index (κ1) is 24.5. The third-order valence-electron chi connectivity index (χ3n) is 5.52. The summed E-state index contributed by atoms with van der Waals surface area (Å²) in [5, 5.41) is 13.9. The van der Waals surface area contributed by atoms with E-state index in [1.54, 1.807) is 18.4 Å². The summed E-state index contributed by atoms with van der Waals surface area (Å²) in [5.41, 5.74) is 3.17. The van der Waals surface area contributed by atoms with E-state index in [4.69, 9.17) is 10.00 Å². The van der Waals surface area contributed by atoms with Gasteiger partial charge in [-0.2, -0.15) is 0 Å². The summed E-state index contributed by atoms with van der Waals surface area (Å²) in [4.78, 5) is 31.6. The maximum Gasteiger partial charge on any atom is 0.326 e. The van der Waals surface area contributed by atoms with Crippen molar-refractivity contribution in [3.63, 3.8) is 0 Å². The Hall–Kier alpha value is -4.12. The fourth-order valence-electron chi connectivity index (χ4n) is 3.70. The number of anilines is 2. The normalized spacial score (nSPS) is 11.3. The average molecular weight is 460 g/mol. The molecule has 8 nitrogen and oxygen atoms in total. The fraction of sp³-hybridized carbons (Fsp3) is 0.308. The van der Waals surface area contributed by atoms with Crippen molar-refractivity contribution >= 4 is 17.7 Å². The lowest BCUT2D eigenvalue weighted by Gasteiger charge is -2.15. The number of nitrogens with one attached hydrogen (secondary N) is 3. The summed E-state index contributed by atoms with van der Waals surface area (Å²) in [5.74, 6) is 0.827. The number of nitrogens with zero attached hydrogens (tertiary/aromatic N) is 2. The Labute approximate surface area is 199 Å². The SMILES string of the molecule is CCCCC(CC)c1cc(=O)[nH]c(NC(=O)Nc2ccc(Cc3ccc(OC#N)cc3)cc2)n1. The number of urea groups is 1. The van der Waals surface area contributed by atoms with Crippen molar-refractivity contribution in [3.05, 3.63) is 81.8 Å². The van der Waals surface area contributed by atoms with Crippen LogP contribution in [0.15, 0.2) is 59.4 Å². The van der Waals surface area contributed by atoms with Gasteiger partial charge in [-0.3, -0.25) is 15.1 Å². The molecule has 3 rings (SSSR count). The molecule has 0 aliphatic rings. The number of rotatable bonds is 10. The minimum atomic E-state index is -0.484. The van der Waals surface area contributed by atoms with Crippen molar-refractivity contribution in [1.29, 1.82) is 5.26 Å². The lowest BCUT2D eigenvalue weighted by atomic mass is 9.96. The molecular formula is C26H29N5O3. The van der Waals surface area contributed by atoms with Crippen molar-refractivity contribution in [2.75, 3.05) is 10.6 Å². The van der Waals surface area contributed by atoms with Crippen LogP contribution in [0.2, 0.25) is 0 Å². The molecule has 0 fully saturated rings. The van der Waals surface area contributed by atoms with Gasteiger partial charge in [0.1, 0.15) is 5.75 Å². The van der Waals surface area contributed by atoms with Crippen molar-refractivity contribution in [3.8, 4) is 12.0 Å². The van der Waals surface area contributed by atoms with Crippen LogP contribution in [0.4, 0.5) is 16.4 Å². The molecule has 1 heterocycles. The first-order chi connectivity index (χ1) is 16.5. The number of aromatic nitrogens is 2. The monoisotopic (exact) mass is 459 g/mol. The van der Waals surface area contributed by atoms with Gasteiger partial charge in [-0.15, -0.1) is 5.26 Å². The standard InChI is InChI=1S/C26H29N5O3/c1-3-5-6-20(4-2)23-16-24(32)30-25(29-23)31-26(33)28-21-11-7-18(8-12-21)15-19-9-13-22(14-10-19)34-17-27/h7-14,16,20H,3-6,15H2,1-2H3,(H3,28,29,30,31,32,33). The maximum atomic E-state index is 12.5. The van der Waals surface area contributed by atoms with Gasteiger partial charge in [0.15, 0.2) is 0 Å². The topological polar surface area (TPSA) is 120 Å². The van der Waals surface area contributed by atoms with Crippen LogP contribution in [0.3, 0.4) is 0 Å². The predicted molar refractivity (Wildman–Crippen MR) is 132 cm³/mol. The quantitative estimate of drug-likeness (QED) is 0.343. The summed E-state index contributed by atoms with van der Waals surface area (Å²) in [6.07, 6.45) is 6.33. The smallest absolute Gasteiger partial charge is 0.326 e. The van der Waals surface area contributed by atoms with Gasteiger partial charge in [-0.1, -0.05) is 51.0 Å². The number of H-pyrrole nitrogens is 1. The molecule has 1 unspecified atom stereocenters. The molecule has 0 spiro atoms. The molecule has 0 aliphatic carbocycles. The van der Waals surface area contributed by atoms with Crippen LogP contribution in [0, 0.1) is 11.5 Å². The number of amides is 2. The van der Waals surface area contributed by atoms with E-state index in [2.05, 4.69) is 34.4 Å². The predicted octanol–water partition coefficient (Wildman–Crippen LogP) is 5.55. The molecule has 0 saturated carbocycles. The van der Waals surface area contributed by atoms with Gasteiger partial charge in [0.2, 0.25) is 5.95 Å². The summed E-state index contributed by atoms with van der Waals surface area (Å²) in [6.45, 7) is 4.21. The number of unbranched alkanes of at least 4 members (excludes halogenated alkanes) is 1. The fourth-order valence-corrected chi connectivity index (χ4v) is 3.70. The molecule has 1 atom stereocenters. The Balaban J connectivity index is 1.59. The highest BCUT2D eigenvalue weighted by Gasteiger charge is 2.14. The molecule has 2 aromatic carbocycles. The highest BCUT2D eigenvalue weighted by atomic mass is 16.5. The zero-order chi connectivity index (χ0) is 24.3. The van der Waals surface area contributed by atoms with Gasteiger partial charge in [-0.05, 0) is 54.7 Å². The van der Waals surface area contributed by atoms with E-state index in [0.29, 0.717) is 23.6 Å². The zero-order valence-electron chi connectivity index (χ0n) is 19.4. The molecule has 0 radical (unpaired) electrons. The van der Waals surface area contributed by atoms with Gasteiger partial charge in [0.25, 0.3) is 11.8 Å². The second-order valence-corrected chi connectivity index (χ2v) is 8.06. The molecule has 34 heavy (non-hydrogen) atoms. The van der Waals surface area contributed by atoms with Gasteiger partial charge >= 0.3 is 6.03 Å². The molecule has 2 amide bonds. The Kier molecular flexibility index (Phi) is 8.81. The van der Waals surface area contributed by atoms with E-state index in [1.165, 1.54) is 6.07 Å². The highest BCUT2D eigenvalue weighted by molar-refractivity contribution is 5.98. The van der Waals surface area contributed by atoms with Crippen molar-refractivity contribution in [2.24, 2.45) is 0 Å². The largest absolute Gasteiger partial charge is 0.388 e. The van der Waals surface area contributed by atoms with E-state index in [1.807, 2.05) is 36.4 Å². The average Bonchev–Trinajstić information content (AvgIpc) is 2.82. The summed E-state index contributed by atoms with van der Waals surface area (Å²) in [7, 11) is 0. The van der Waals surface area contributed by atoms with E-state index in [-0.39, 0.29) is 17.4 Å². The second kappa shape index (κ2) is 12.2. The molecule has 3 N–H and O–H groups in total. The Morgan fingerprint density at radius 2 is 1.76 bits per heavy atom. The highest BCUT2D eigenvalue weighted by Crippen LogP contribution is 2.23. The molecule has 3 aromatic rings. The summed E-state index contributed by atoms with van der Waals surface area (Å²) >= 11 is 0. The number of carbonyl (C=O) groups is 1. The molecule has 0 aliphatic heterocycles. The molecule has 1 aromatic heterocycles. The maximum absolute atomic E-state index is 12.5. The van der Waals surface area contributed by atoms with Crippen molar-refractivity contribution in [2.45, 2.75) is 51.9 Å². The number of benzene rings is 2. The van der Waals surface area contributed by atoms with Crippen molar-refractivity contribution in [1.82, 2.24) is 9.97 Å². The zero-order valence-corrected chi connectivity index (χ0v) is 19.4. The number of aromatic amines is 1. The van der Waals surface area contributed by atoms with Crippen LogP contribution in [-0.4, -0.2) is 16.0 Å². The van der Waals surface area contributed by atoms with E-state index in [0.717, 1.165) is 36.8 Å². The number of nitriles is 1. The van der Waals surface area contributed by atoms with Gasteiger partial charge in [0, 0.05) is 17.7 Å². The number of ether oxygens (including phenoxy) is 1. The summed E-state index contributed by atoms with van der Waals surface area (Å²) < 4.78 is 4.79. The van der Waals surface area contributed by atoms with Crippen LogP contribution >= 0.6 is 0 Å². The second-order valence-electron chi connectivity index (χ2n) is 8.06. The lowest BCUT2D eigenvalue weighted by molar-refractivity contribution is 0.262. The van der Waals surface area contributed by atoms with Crippen molar-refractivity contribution < 1.29 is 9.53 Å². The van der Waals surface area contributed by atoms with Gasteiger partial charge in [0.05, 0.1) is 5.69 Å².